The molecule has 1 amide bonds. The third kappa shape index (κ3) is 2.82. The van der Waals surface area contributed by atoms with Crippen LogP contribution in [0.5, 0.6) is 0 Å². The number of carbonyl (C=O) groups excluding carboxylic acids is 1. The van der Waals surface area contributed by atoms with E-state index in [-0.39, 0.29) is 11.9 Å². The van der Waals surface area contributed by atoms with E-state index < -0.39 is 0 Å². The molecule has 2 nitrogen and oxygen atoms in total. The van der Waals surface area contributed by atoms with Gasteiger partial charge in [-0.3, -0.25) is 4.79 Å². The van der Waals surface area contributed by atoms with Crippen molar-refractivity contribution in [2.24, 2.45) is 0 Å². The maximum atomic E-state index is 11.8. The fourth-order valence-electron chi connectivity index (χ4n) is 1.92. The van der Waals surface area contributed by atoms with Crippen molar-refractivity contribution < 1.29 is 4.79 Å². The molecule has 79 valence electrons. The van der Waals surface area contributed by atoms with Gasteiger partial charge >= 0.3 is 0 Å². The summed E-state index contributed by atoms with van der Waals surface area (Å²) in [5.74, 6) is 0.0405. The Labute approximate surface area is 90.7 Å². The Morgan fingerprint density at radius 1 is 1.20 bits per heavy atom. The van der Waals surface area contributed by atoms with Crippen molar-refractivity contribution in [1.82, 2.24) is 5.32 Å². The van der Waals surface area contributed by atoms with Gasteiger partial charge in [0.15, 0.2) is 0 Å². The standard InChI is InChI=1S/C13H16NO/c15-13(11-7-3-1-4-8-11)14-12-9-5-2-6-10-12/h1,3-4,7-9,12H,2,5-6,10H2,(H,14,15). The predicted molar refractivity (Wildman–Crippen MR) is 60.5 cm³/mol. The van der Waals surface area contributed by atoms with Crippen LogP contribution in [0.4, 0.5) is 0 Å². The number of rotatable bonds is 2. The molecule has 0 bridgehead atoms. The molecule has 0 saturated heterocycles. The topological polar surface area (TPSA) is 29.1 Å². The van der Waals surface area contributed by atoms with E-state index in [4.69, 9.17) is 0 Å². The molecule has 1 fully saturated rings. The lowest BCUT2D eigenvalue weighted by atomic mass is 9.95. The summed E-state index contributed by atoms with van der Waals surface area (Å²) in [4.78, 5) is 11.8. The fourth-order valence-corrected chi connectivity index (χ4v) is 1.92. The largest absolute Gasteiger partial charge is 0.349 e. The Bertz CT molecular complexity index is 315. The minimum absolute atomic E-state index is 0.0405. The molecular weight excluding hydrogens is 186 g/mol. The molecule has 1 unspecified atom stereocenters. The van der Waals surface area contributed by atoms with Crippen molar-refractivity contribution >= 4 is 5.91 Å². The SMILES string of the molecule is O=C(NC1[CH]CCCC1)c1ccccc1. The first-order valence-electron chi connectivity index (χ1n) is 5.55. The van der Waals surface area contributed by atoms with Gasteiger partial charge in [-0.2, -0.15) is 0 Å². The molecule has 1 radical (unpaired) electrons. The highest BCUT2D eigenvalue weighted by atomic mass is 16.1. The summed E-state index contributed by atoms with van der Waals surface area (Å²) < 4.78 is 0. The van der Waals surface area contributed by atoms with Gasteiger partial charge in [0, 0.05) is 11.6 Å². The summed E-state index contributed by atoms with van der Waals surface area (Å²) in [6.45, 7) is 0. The quantitative estimate of drug-likeness (QED) is 0.784. The van der Waals surface area contributed by atoms with Gasteiger partial charge in [-0.25, -0.2) is 0 Å². The van der Waals surface area contributed by atoms with E-state index in [0.717, 1.165) is 18.4 Å². The van der Waals surface area contributed by atoms with Crippen LogP contribution in [-0.2, 0) is 0 Å². The normalized spacial score (nSPS) is 17.3. The molecule has 1 aliphatic carbocycles. The molecule has 2 heteroatoms. The molecule has 1 atom stereocenters. The minimum Gasteiger partial charge on any atom is -0.349 e. The summed E-state index contributed by atoms with van der Waals surface area (Å²) >= 11 is 0. The highest BCUT2D eigenvalue weighted by molar-refractivity contribution is 5.94. The molecule has 1 saturated carbocycles. The average molecular weight is 202 g/mol. The van der Waals surface area contributed by atoms with Crippen LogP contribution in [-0.4, -0.2) is 11.9 Å². The highest BCUT2D eigenvalue weighted by Crippen LogP contribution is 2.16. The third-order valence-corrected chi connectivity index (χ3v) is 2.77. The van der Waals surface area contributed by atoms with Gasteiger partial charge in [-0.05, 0) is 31.4 Å². The molecule has 1 aromatic rings. The monoisotopic (exact) mass is 202 g/mol. The minimum atomic E-state index is 0.0405. The molecular formula is C13H16NO. The van der Waals surface area contributed by atoms with Gasteiger partial charge in [0.1, 0.15) is 0 Å². The fraction of sp³-hybridized carbons (Fsp3) is 0.385. The number of amides is 1. The Balaban J connectivity index is 1.91. The van der Waals surface area contributed by atoms with Crippen LogP contribution < -0.4 is 5.32 Å². The smallest absolute Gasteiger partial charge is 0.251 e. The van der Waals surface area contributed by atoms with E-state index >= 15 is 0 Å². The van der Waals surface area contributed by atoms with Crippen molar-refractivity contribution in [3.63, 3.8) is 0 Å². The second-order valence-electron chi connectivity index (χ2n) is 3.97. The van der Waals surface area contributed by atoms with Crippen LogP contribution in [0.15, 0.2) is 30.3 Å². The zero-order valence-electron chi connectivity index (χ0n) is 8.78. The van der Waals surface area contributed by atoms with Crippen LogP contribution in [0, 0.1) is 6.42 Å². The third-order valence-electron chi connectivity index (χ3n) is 2.77. The van der Waals surface area contributed by atoms with Gasteiger partial charge in [-0.15, -0.1) is 0 Å². The Hall–Kier alpha value is -1.31. The maximum absolute atomic E-state index is 11.8. The number of carbonyl (C=O) groups is 1. The lowest BCUT2D eigenvalue weighted by Gasteiger charge is -2.22. The number of nitrogens with one attached hydrogen (secondary N) is 1. The number of hydrogen-bond donors (Lipinski definition) is 1. The summed E-state index contributed by atoms with van der Waals surface area (Å²) in [7, 11) is 0. The first kappa shape index (κ1) is 10.2. The van der Waals surface area contributed by atoms with Crippen molar-refractivity contribution in [3.05, 3.63) is 42.3 Å². The van der Waals surface area contributed by atoms with Gasteiger partial charge in [0.2, 0.25) is 0 Å². The lowest BCUT2D eigenvalue weighted by Crippen LogP contribution is -2.36. The molecule has 1 N–H and O–H groups in total. The van der Waals surface area contributed by atoms with Gasteiger partial charge in [0.05, 0.1) is 0 Å². The Morgan fingerprint density at radius 2 is 2.00 bits per heavy atom. The van der Waals surface area contributed by atoms with Gasteiger partial charge in [-0.1, -0.05) is 31.0 Å². The first-order chi connectivity index (χ1) is 7.36. The maximum Gasteiger partial charge on any atom is 0.251 e. The molecule has 1 aromatic carbocycles. The summed E-state index contributed by atoms with van der Waals surface area (Å²) in [6.07, 6.45) is 6.90. The van der Waals surface area contributed by atoms with E-state index in [0.29, 0.717) is 0 Å². The number of benzene rings is 1. The van der Waals surface area contributed by atoms with Crippen molar-refractivity contribution in [2.75, 3.05) is 0 Å². The second-order valence-corrected chi connectivity index (χ2v) is 3.97. The first-order valence-corrected chi connectivity index (χ1v) is 5.55. The second kappa shape index (κ2) is 4.96. The van der Waals surface area contributed by atoms with Crippen LogP contribution in [0.3, 0.4) is 0 Å². The number of hydrogen-bond acceptors (Lipinski definition) is 1. The lowest BCUT2D eigenvalue weighted by molar-refractivity contribution is 0.0937. The van der Waals surface area contributed by atoms with Crippen LogP contribution in [0.1, 0.15) is 36.0 Å². The molecule has 0 aromatic heterocycles. The zero-order valence-corrected chi connectivity index (χ0v) is 8.78. The molecule has 0 aliphatic heterocycles. The molecule has 0 spiro atoms. The van der Waals surface area contributed by atoms with E-state index in [2.05, 4.69) is 11.7 Å². The Morgan fingerprint density at radius 3 is 2.67 bits per heavy atom. The highest BCUT2D eigenvalue weighted by Gasteiger charge is 2.16. The van der Waals surface area contributed by atoms with Crippen LogP contribution >= 0.6 is 0 Å². The molecule has 2 rings (SSSR count). The zero-order chi connectivity index (χ0) is 10.5. The van der Waals surface area contributed by atoms with E-state index in [1.165, 1.54) is 12.8 Å². The van der Waals surface area contributed by atoms with Crippen LogP contribution in [0.2, 0.25) is 0 Å². The van der Waals surface area contributed by atoms with Crippen molar-refractivity contribution in [3.8, 4) is 0 Å². The predicted octanol–water partition coefficient (Wildman–Crippen LogP) is 2.56. The summed E-state index contributed by atoms with van der Waals surface area (Å²) in [6, 6.07) is 9.66. The molecule has 1 aliphatic rings. The summed E-state index contributed by atoms with van der Waals surface area (Å²) in [5, 5.41) is 3.04. The van der Waals surface area contributed by atoms with Gasteiger partial charge in [0.25, 0.3) is 5.91 Å². The van der Waals surface area contributed by atoms with Crippen molar-refractivity contribution in [1.29, 1.82) is 0 Å². The van der Waals surface area contributed by atoms with Gasteiger partial charge < -0.3 is 5.32 Å². The van der Waals surface area contributed by atoms with E-state index in [9.17, 15) is 4.79 Å². The summed E-state index contributed by atoms with van der Waals surface area (Å²) in [5.41, 5.74) is 0.747. The van der Waals surface area contributed by atoms with Crippen LogP contribution in [0.25, 0.3) is 0 Å². The molecule has 0 heterocycles. The van der Waals surface area contributed by atoms with E-state index in [1.807, 2.05) is 30.3 Å². The Kier molecular flexibility index (Phi) is 3.38. The average Bonchev–Trinajstić information content (AvgIpc) is 2.31. The van der Waals surface area contributed by atoms with Crippen molar-refractivity contribution in [2.45, 2.75) is 31.7 Å². The van der Waals surface area contributed by atoms with E-state index in [1.54, 1.807) is 0 Å². The molecule has 15 heavy (non-hydrogen) atoms.